The minimum atomic E-state index is -0.706. The number of hydrogen-bond acceptors (Lipinski definition) is 6. The van der Waals surface area contributed by atoms with Crippen LogP contribution in [0, 0.1) is 31.6 Å². The van der Waals surface area contributed by atoms with E-state index in [1.165, 1.54) is 37.5 Å². The monoisotopic (exact) mass is 447 g/mol. The second-order valence-corrected chi connectivity index (χ2v) is 10.7. The van der Waals surface area contributed by atoms with Crippen molar-refractivity contribution in [2.45, 2.75) is 64.8 Å². The number of amides is 4. The Bertz CT molecular complexity index is 903. The zero-order chi connectivity index (χ0) is 22.3. The highest BCUT2D eigenvalue weighted by molar-refractivity contribution is 7.16. The molecule has 0 aliphatic heterocycles. The number of urea groups is 1. The van der Waals surface area contributed by atoms with Crippen LogP contribution in [0.15, 0.2) is 0 Å². The van der Waals surface area contributed by atoms with E-state index >= 15 is 0 Å². The van der Waals surface area contributed by atoms with Crippen molar-refractivity contribution in [1.82, 2.24) is 10.6 Å². The Morgan fingerprint density at radius 3 is 2.16 bits per heavy atom. The van der Waals surface area contributed by atoms with Crippen LogP contribution in [0.1, 0.15) is 66.2 Å². The number of imide groups is 1. The van der Waals surface area contributed by atoms with Gasteiger partial charge in [-0.3, -0.25) is 14.9 Å². The smallest absolute Gasteiger partial charge is 0.341 e. The number of ether oxygens (including phenoxy) is 1. The highest BCUT2D eigenvalue weighted by Crippen LogP contribution is 2.55. The van der Waals surface area contributed by atoms with Crippen molar-refractivity contribution >= 4 is 40.2 Å². The summed E-state index contributed by atoms with van der Waals surface area (Å²) in [5.74, 6) is 0.354. The normalized spacial score (nSPS) is 28.2. The van der Waals surface area contributed by atoms with Gasteiger partial charge < -0.3 is 15.4 Å². The van der Waals surface area contributed by atoms with Crippen molar-refractivity contribution in [3.8, 4) is 0 Å². The molecule has 4 saturated carbocycles. The summed E-state index contributed by atoms with van der Waals surface area (Å²) < 4.78 is 5.13. The molecule has 4 bridgehead atoms. The van der Waals surface area contributed by atoms with E-state index in [2.05, 4.69) is 16.0 Å². The maximum absolute atomic E-state index is 12.5. The third kappa shape index (κ3) is 4.61. The molecule has 1 heterocycles. The maximum Gasteiger partial charge on any atom is 0.341 e. The summed E-state index contributed by atoms with van der Waals surface area (Å²) in [6, 6.07) is -0.524. The van der Waals surface area contributed by atoms with E-state index in [0.717, 1.165) is 24.1 Å². The lowest BCUT2D eigenvalue weighted by Crippen LogP contribution is -2.62. The largest absolute Gasteiger partial charge is 0.452 e. The molecule has 4 fully saturated rings. The van der Waals surface area contributed by atoms with Crippen molar-refractivity contribution in [2.24, 2.45) is 17.8 Å². The summed E-state index contributed by atoms with van der Waals surface area (Å²) in [5.41, 5.74) is 0.733. The molecule has 4 aliphatic rings. The molecule has 0 radical (unpaired) electrons. The van der Waals surface area contributed by atoms with Crippen LogP contribution in [0.3, 0.4) is 0 Å². The van der Waals surface area contributed by atoms with Crippen molar-refractivity contribution in [3.63, 3.8) is 0 Å². The second kappa shape index (κ2) is 8.26. The standard InChI is InChI=1S/C22H29N3O5S/c1-11-12(2)31-19(23-13(3)26)18(11)20(28)30-10-17(27)24-21(29)25-22-7-14-4-15(8-22)6-16(5-14)9-22/h14-16H,4-10H2,1-3H3,(H,23,26)(H2,24,25,27,29). The first-order valence-corrected chi connectivity index (χ1v) is 11.6. The van der Waals surface area contributed by atoms with Crippen molar-refractivity contribution in [3.05, 3.63) is 16.0 Å². The molecule has 5 rings (SSSR count). The molecule has 9 heteroatoms. The third-order valence-corrected chi connectivity index (χ3v) is 8.01. The highest BCUT2D eigenvalue weighted by Gasteiger charge is 2.51. The van der Waals surface area contributed by atoms with Crippen LogP contribution in [0.4, 0.5) is 9.80 Å². The molecular weight excluding hydrogens is 418 g/mol. The topological polar surface area (TPSA) is 114 Å². The fraction of sp³-hybridized carbons (Fsp3) is 0.636. The first kappa shape index (κ1) is 21.8. The number of hydrogen-bond donors (Lipinski definition) is 3. The van der Waals surface area contributed by atoms with Crippen LogP contribution in [0.25, 0.3) is 0 Å². The summed E-state index contributed by atoms with van der Waals surface area (Å²) in [7, 11) is 0. The Morgan fingerprint density at radius 2 is 1.61 bits per heavy atom. The molecular formula is C22H29N3O5S. The zero-order valence-corrected chi connectivity index (χ0v) is 18.9. The van der Waals surface area contributed by atoms with E-state index in [1.54, 1.807) is 6.92 Å². The van der Waals surface area contributed by atoms with Gasteiger partial charge in [0, 0.05) is 17.3 Å². The first-order valence-electron chi connectivity index (χ1n) is 10.8. The molecule has 0 spiro atoms. The van der Waals surface area contributed by atoms with E-state index in [-0.39, 0.29) is 17.0 Å². The van der Waals surface area contributed by atoms with Crippen LogP contribution in [0.5, 0.6) is 0 Å². The summed E-state index contributed by atoms with van der Waals surface area (Å²) in [5, 5.41) is 8.37. The van der Waals surface area contributed by atoms with E-state index in [4.69, 9.17) is 4.74 Å². The number of thiophene rings is 1. The number of anilines is 1. The number of esters is 1. The number of carbonyl (C=O) groups excluding carboxylic acids is 4. The molecule has 0 unspecified atom stereocenters. The molecule has 4 aliphatic carbocycles. The zero-order valence-electron chi connectivity index (χ0n) is 18.1. The minimum absolute atomic E-state index is 0.200. The Labute approximate surface area is 185 Å². The molecule has 0 atom stereocenters. The predicted octanol–water partition coefficient (Wildman–Crippen LogP) is 3.27. The average molecular weight is 448 g/mol. The summed E-state index contributed by atoms with van der Waals surface area (Å²) in [6.45, 7) is 4.38. The highest BCUT2D eigenvalue weighted by atomic mass is 32.1. The van der Waals surface area contributed by atoms with Gasteiger partial charge in [0.1, 0.15) is 5.00 Å². The van der Waals surface area contributed by atoms with Gasteiger partial charge in [0.15, 0.2) is 6.61 Å². The van der Waals surface area contributed by atoms with Gasteiger partial charge in [-0.15, -0.1) is 11.3 Å². The first-order chi connectivity index (χ1) is 14.6. The molecule has 4 amide bonds. The van der Waals surface area contributed by atoms with Crippen LogP contribution < -0.4 is 16.0 Å². The van der Waals surface area contributed by atoms with Crippen molar-refractivity contribution in [2.75, 3.05) is 11.9 Å². The molecule has 31 heavy (non-hydrogen) atoms. The second-order valence-electron chi connectivity index (χ2n) is 9.44. The fourth-order valence-electron chi connectivity index (χ4n) is 6.02. The molecule has 0 saturated heterocycles. The lowest BCUT2D eigenvalue weighted by molar-refractivity contribution is -0.123. The summed E-state index contributed by atoms with van der Waals surface area (Å²) in [6.07, 6.45) is 6.74. The van der Waals surface area contributed by atoms with E-state index in [1.807, 2.05) is 6.92 Å². The number of carbonyl (C=O) groups is 4. The van der Waals surface area contributed by atoms with Gasteiger partial charge in [-0.2, -0.15) is 0 Å². The van der Waals surface area contributed by atoms with Gasteiger partial charge in [0.05, 0.1) is 5.56 Å². The number of rotatable bonds is 5. The summed E-state index contributed by atoms with van der Waals surface area (Å²) >= 11 is 1.28. The van der Waals surface area contributed by atoms with E-state index < -0.39 is 24.5 Å². The van der Waals surface area contributed by atoms with Crippen LogP contribution >= 0.6 is 11.3 Å². The molecule has 3 N–H and O–H groups in total. The number of aryl methyl sites for hydroxylation is 1. The van der Waals surface area contributed by atoms with Crippen LogP contribution in [-0.2, 0) is 14.3 Å². The lowest BCUT2D eigenvalue weighted by Gasteiger charge is -2.56. The SMILES string of the molecule is CC(=O)Nc1sc(C)c(C)c1C(=O)OCC(=O)NC(=O)NC12CC3CC(CC(C3)C1)C2. The molecule has 8 nitrogen and oxygen atoms in total. The predicted molar refractivity (Wildman–Crippen MR) is 116 cm³/mol. The molecule has 168 valence electrons. The van der Waals surface area contributed by atoms with Crippen LogP contribution in [0.2, 0.25) is 0 Å². The Balaban J connectivity index is 1.30. The summed E-state index contributed by atoms with van der Waals surface area (Å²) in [4.78, 5) is 49.5. The van der Waals surface area contributed by atoms with Gasteiger partial charge in [0.25, 0.3) is 5.91 Å². The van der Waals surface area contributed by atoms with Gasteiger partial charge in [-0.05, 0) is 75.7 Å². The van der Waals surface area contributed by atoms with Crippen molar-refractivity contribution < 1.29 is 23.9 Å². The molecule has 0 aromatic carbocycles. The lowest BCUT2D eigenvalue weighted by atomic mass is 9.53. The third-order valence-electron chi connectivity index (χ3n) is 6.88. The van der Waals surface area contributed by atoms with Crippen LogP contribution in [-0.4, -0.2) is 36.0 Å². The van der Waals surface area contributed by atoms with E-state index in [0.29, 0.717) is 28.3 Å². The number of nitrogens with one attached hydrogen (secondary N) is 3. The Kier molecular flexibility index (Phi) is 5.81. The van der Waals surface area contributed by atoms with Gasteiger partial charge in [0.2, 0.25) is 5.91 Å². The fourth-order valence-corrected chi connectivity index (χ4v) is 7.12. The maximum atomic E-state index is 12.5. The van der Waals surface area contributed by atoms with Gasteiger partial charge in [-0.25, -0.2) is 9.59 Å². The minimum Gasteiger partial charge on any atom is -0.452 e. The average Bonchev–Trinajstić information content (AvgIpc) is 2.90. The van der Waals surface area contributed by atoms with E-state index in [9.17, 15) is 19.2 Å². The Hall–Kier alpha value is -2.42. The van der Waals surface area contributed by atoms with Gasteiger partial charge in [-0.1, -0.05) is 0 Å². The Morgan fingerprint density at radius 1 is 1.03 bits per heavy atom. The molecule has 1 aromatic rings. The van der Waals surface area contributed by atoms with Crippen molar-refractivity contribution in [1.29, 1.82) is 0 Å². The quantitative estimate of drug-likeness (QED) is 0.600. The van der Waals surface area contributed by atoms with Gasteiger partial charge >= 0.3 is 12.0 Å². The molecule has 1 aromatic heterocycles.